The largest absolute Gasteiger partial charge is 0.322 e. The van der Waals surface area contributed by atoms with Gasteiger partial charge in [-0.05, 0) is 30.3 Å². The summed E-state index contributed by atoms with van der Waals surface area (Å²) in [5.74, 6) is -0.266. The molecule has 1 amide bonds. The van der Waals surface area contributed by atoms with Gasteiger partial charge in [0.2, 0.25) is 0 Å². The number of nitriles is 1. The summed E-state index contributed by atoms with van der Waals surface area (Å²) in [6.45, 7) is 0. The van der Waals surface area contributed by atoms with E-state index in [4.69, 9.17) is 16.9 Å². The molecular weight excluding hydrogens is 288 g/mol. The van der Waals surface area contributed by atoms with Crippen molar-refractivity contribution in [3.63, 3.8) is 0 Å². The Hall–Kier alpha value is -2.84. The molecule has 0 spiro atoms. The van der Waals surface area contributed by atoms with Gasteiger partial charge in [0, 0.05) is 16.6 Å². The fourth-order valence-electron chi connectivity index (χ4n) is 1.97. The molecule has 0 unspecified atom stereocenters. The topological polar surface area (TPSA) is 81.6 Å². The third-order valence-electron chi connectivity index (χ3n) is 3.05. The molecule has 0 bridgehead atoms. The molecule has 0 radical (unpaired) electrons. The molecule has 1 aromatic heterocycles. The number of benzene rings is 2. The Kier molecular flexibility index (Phi) is 3.30. The number of rotatable bonds is 2. The molecule has 0 aliphatic rings. The summed E-state index contributed by atoms with van der Waals surface area (Å²) in [6.07, 6.45) is 1.69. The Labute approximate surface area is 125 Å². The number of carbonyl (C=O) groups excluding carboxylic acids is 1. The second-order valence-corrected chi connectivity index (χ2v) is 4.84. The van der Waals surface area contributed by atoms with Gasteiger partial charge in [-0.25, -0.2) is 0 Å². The SMILES string of the molecule is N#Cc1cc(NC(=O)c2ccc3cn[nH]c3c2)ccc1Cl. The van der Waals surface area contributed by atoms with Crippen molar-refractivity contribution < 1.29 is 4.79 Å². The number of nitrogens with zero attached hydrogens (tertiary/aromatic N) is 2. The van der Waals surface area contributed by atoms with Crippen LogP contribution in [0.5, 0.6) is 0 Å². The summed E-state index contributed by atoms with van der Waals surface area (Å²) < 4.78 is 0. The number of hydrogen-bond donors (Lipinski definition) is 2. The van der Waals surface area contributed by atoms with E-state index in [1.165, 1.54) is 6.07 Å². The maximum Gasteiger partial charge on any atom is 0.255 e. The average molecular weight is 297 g/mol. The number of carbonyl (C=O) groups is 1. The molecule has 0 aliphatic carbocycles. The minimum Gasteiger partial charge on any atom is -0.322 e. The summed E-state index contributed by atoms with van der Waals surface area (Å²) in [4.78, 5) is 12.2. The van der Waals surface area contributed by atoms with Crippen LogP contribution in [0.25, 0.3) is 10.9 Å². The minimum atomic E-state index is -0.266. The number of halogens is 1. The maximum absolute atomic E-state index is 12.2. The highest BCUT2D eigenvalue weighted by Crippen LogP contribution is 2.20. The lowest BCUT2D eigenvalue weighted by atomic mass is 10.1. The van der Waals surface area contributed by atoms with E-state index < -0.39 is 0 Å². The standard InChI is InChI=1S/C15H9ClN4O/c16-13-4-3-12(5-11(13)7-17)19-15(21)9-1-2-10-8-18-20-14(10)6-9/h1-6,8H,(H,18,20)(H,19,21). The van der Waals surface area contributed by atoms with E-state index in [2.05, 4.69) is 15.5 Å². The van der Waals surface area contributed by atoms with Crippen LogP contribution in [-0.2, 0) is 0 Å². The van der Waals surface area contributed by atoms with E-state index in [1.807, 2.05) is 12.1 Å². The number of hydrogen-bond acceptors (Lipinski definition) is 3. The van der Waals surface area contributed by atoms with Crippen molar-refractivity contribution in [1.29, 1.82) is 5.26 Å². The first-order chi connectivity index (χ1) is 10.2. The molecule has 1 heterocycles. The van der Waals surface area contributed by atoms with Gasteiger partial charge in [0.05, 0.1) is 22.3 Å². The summed E-state index contributed by atoms with van der Waals surface area (Å²) in [5.41, 5.74) is 2.13. The summed E-state index contributed by atoms with van der Waals surface area (Å²) in [6, 6.07) is 12.0. The van der Waals surface area contributed by atoms with Gasteiger partial charge in [0.15, 0.2) is 0 Å². The average Bonchev–Trinajstić information content (AvgIpc) is 2.96. The first kappa shape index (κ1) is 13.2. The zero-order valence-corrected chi connectivity index (χ0v) is 11.5. The number of H-pyrrole nitrogens is 1. The van der Waals surface area contributed by atoms with Crippen molar-refractivity contribution >= 4 is 34.1 Å². The van der Waals surface area contributed by atoms with E-state index in [0.29, 0.717) is 21.8 Å². The molecule has 3 rings (SSSR count). The van der Waals surface area contributed by atoms with Crippen molar-refractivity contribution in [3.8, 4) is 6.07 Å². The molecule has 2 aromatic carbocycles. The van der Waals surface area contributed by atoms with Gasteiger partial charge in [0.25, 0.3) is 5.91 Å². The molecule has 2 N–H and O–H groups in total. The van der Waals surface area contributed by atoms with Crippen LogP contribution in [0.3, 0.4) is 0 Å². The second kappa shape index (κ2) is 5.27. The van der Waals surface area contributed by atoms with Crippen LogP contribution in [0.2, 0.25) is 5.02 Å². The van der Waals surface area contributed by atoms with Gasteiger partial charge >= 0.3 is 0 Å². The van der Waals surface area contributed by atoms with Gasteiger partial charge in [-0.2, -0.15) is 10.4 Å². The third-order valence-corrected chi connectivity index (χ3v) is 3.38. The predicted octanol–water partition coefficient (Wildman–Crippen LogP) is 3.34. The monoisotopic (exact) mass is 296 g/mol. The van der Waals surface area contributed by atoms with Crippen LogP contribution >= 0.6 is 11.6 Å². The first-order valence-electron chi connectivity index (χ1n) is 6.11. The summed E-state index contributed by atoms with van der Waals surface area (Å²) in [5, 5.41) is 19.7. The molecule has 6 heteroatoms. The van der Waals surface area contributed by atoms with Gasteiger partial charge in [-0.15, -0.1) is 0 Å². The second-order valence-electron chi connectivity index (χ2n) is 4.43. The molecule has 5 nitrogen and oxygen atoms in total. The summed E-state index contributed by atoms with van der Waals surface area (Å²) in [7, 11) is 0. The van der Waals surface area contributed by atoms with Gasteiger partial charge in [-0.3, -0.25) is 9.89 Å². The summed E-state index contributed by atoms with van der Waals surface area (Å²) >= 11 is 5.86. The van der Waals surface area contributed by atoms with Crippen molar-refractivity contribution in [2.45, 2.75) is 0 Å². The normalized spacial score (nSPS) is 10.3. The van der Waals surface area contributed by atoms with Crippen molar-refractivity contribution in [3.05, 3.63) is 58.7 Å². The van der Waals surface area contributed by atoms with Crippen molar-refractivity contribution in [2.75, 3.05) is 5.32 Å². The first-order valence-corrected chi connectivity index (χ1v) is 6.49. The lowest BCUT2D eigenvalue weighted by Gasteiger charge is -2.06. The third kappa shape index (κ3) is 2.57. The zero-order chi connectivity index (χ0) is 14.8. The van der Waals surface area contributed by atoms with Gasteiger partial charge in [-0.1, -0.05) is 17.7 Å². The lowest BCUT2D eigenvalue weighted by molar-refractivity contribution is 0.102. The molecule has 3 aromatic rings. The van der Waals surface area contributed by atoms with E-state index in [1.54, 1.807) is 30.5 Å². The van der Waals surface area contributed by atoms with Crippen LogP contribution in [-0.4, -0.2) is 16.1 Å². The lowest BCUT2D eigenvalue weighted by Crippen LogP contribution is -2.11. The Balaban J connectivity index is 1.87. The van der Waals surface area contributed by atoms with Crippen LogP contribution in [0.1, 0.15) is 15.9 Å². The molecule has 0 aliphatic heterocycles. The highest BCUT2D eigenvalue weighted by molar-refractivity contribution is 6.31. The Morgan fingerprint density at radius 3 is 2.95 bits per heavy atom. The minimum absolute atomic E-state index is 0.266. The molecule has 21 heavy (non-hydrogen) atoms. The molecule has 0 saturated carbocycles. The zero-order valence-electron chi connectivity index (χ0n) is 10.7. The number of anilines is 1. The van der Waals surface area contributed by atoms with Crippen LogP contribution in [0.15, 0.2) is 42.6 Å². The maximum atomic E-state index is 12.2. The Bertz CT molecular complexity index is 879. The molecular formula is C15H9ClN4O. The molecule has 0 saturated heterocycles. The fraction of sp³-hybridized carbons (Fsp3) is 0. The van der Waals surface area contributed by atoms with Crippen LogP contribution in [0, 0.1) is 11.3 Å². The highest BCUT2D eigenvalue weighted by Gasteiger charge is 2.09. The van der Waals surface area contributed by atoms with Crippen molar-refractivity contribution in [1.82, 2.24) is 10.2 Å². The smallest absolute Gasteiger partial charge is 0.255 e. The van der Waals surface area contributed by atoms with Gasteiger partial charge < -0.3 is 5.32 Å². The quantitative estimate of drug-likeness (QED) is 0.761. The highest BCUT2D eigenvalue weighted by atomic mass is 35.5. The Morgan fingerprint density at radius 1 is 1.29 bits per heavy atom. The molecule has 0 atom stereocenters. The fourth-order valence-corrected chi connectivity index (χ4v) is 2.13. The number of fused-ring (bicyclic) bond motifs is 1. The van der Waals surface area contributed by atoms with Crippen LogP contribution in [0.4, 0.5) is 5.69 Å². The van der Waals surface area contributed by atoms with Crippen LogP contribution < -0.4 is 5.32 Å². The number of aromatic nitrogens is 2. The van der Waals surface area contributed by atoms with E-state index >= 15 is 0 Å². The van der Waals surface area contributed by atoms with E-state index in [0.717, 1.165) is 10.9 Å². The van der Waals surface area contributed by atoms with Gasteiger partial charge in [0.1, 0.15) is 6.07 Å². The van der Waals surface area contributed by atoms with Crippen molar-refractivity contribution in [2.24, 2.45) is 0 Å². The molecule has 0 fully saturated rings. The number of amides is 1. The van der Waals surface area contributed by atoms with E-state index in [-0.39, 0.29) is 5.91 Å². The number of aromatic amines is 1. The molecule has 102 valence electrons. The predicted molar refractivity (Wildman–Crippen MR) is 80.2 cm³/mol. The number of nitrogens with one attached hydrogen (secondary N) is 2. The Morgan fingerprint density at radius 2 is 2.14 bits per heavy atom. The van der Waals surface area contributed by atoms with E-state index in [9.17, 15) is 4.79 Å².